The summed E-state index contributed by atoms with van der Waals surface area (Å²) in [6.45, 7) is 0. The Balaban J connectivity index is 1.82. The van der Waals surface area contributed by atoms with E-state index in [-0.39, 0.29) is 5.82 Å². The number of hydrogen-bond acceptors (Lipinski definition) is 0. The second-order valence-corrected chi connectivity index (χ2v) is 3.97. The van der Waals surface area contributed by atoms with Gasteiger partial charge < -0.3 is 0 Å². The minimum Gasteiger partial charge on any atom is -0.207 e. The normalized spacial score (nSPS) is 10.3. The maximum Gasteiger partial charge on any atom is 0.123 e. The van der Waals surface area contributed by atoms with E-state index in [1.165, 1.54) is 23.3 Å². The van der Waals surface area contributed by atoms with Crippen LogP contribution in [-0.2, 0) is 12.8 Å². The quantitative estimate of drug-likeness (QED) is 0.721. The van der Waals surface area contributed by atoms with Crippen molar-refractivity contribution in [3.8, 4) is 0 Å². The minimum absolute atomic E-state index is 0.160. The molecule has 2 aromatic carbocycles. The molecule has 0 aliphatic heterocycles. The highest BCUT2D eigenvalue weighted by Gasteiger charge is 1.95. The van der Waals surface area contributed by atoms with Crippen molar-refractivity contribution in [1.82, 2.24) is 0 Å². The molecule has 2 rings (SSSR count). The number of benzene rings is 2. The molecule has 0 aliphatic rings. The summed E-state index contributed by atoms with van der Waals surface area (Å²) in [7, 11) is 0. The third-order valence-corrected chi connectivity index (χ3v) is 2.69. The first kappa shape index (κ1) is 10.9. The Morgan fingerprint density at radius 2 is 1.25 bits per heavy atom. The maximum atomic E-state index is 12.7. The molecule has 82 valence electrons. The van der Waals surface area contributed by atoms with E-state index in [9.17, 15) is 4.39 Å². The molecule has 0 atom stereocenters. The molecule has 0 fully saturated rings. The summed E-state index contributed by atoms with van der Waals surface area (Å²) in [5, 5.41) is 0. The second kappa shape index (κ2) is 5.45. The standard InChI is InChI=1S/C15H15F/c16-15-11-9-14(10-12-15)8-4-7-13-5-2-1-3-6-13/h1-3,5-6,9-12H,4,7-8H2. The first-order valence-electron chi connectivity index (χ1n) is 5.63. The predicted molar refractivity (Wildman–Crippen MR) is 64.9 cm³/mol. The Morgan fingerprint density at radius 3 is 1.88 bits per heavy atom. The Hall–Kier alpha value is -1.63. The van der Waals surface area contributed by atoms with Crippen LogP contribution in [0.5, 0.6) is 0 Å². The molecule has 0 aromatic heterocycles. The topological polar surface area (TPSA) is 0 Å². The van der Waals surface area contributed by atoms with E-state index in [0.29, 0.717) is 0 Å². The van der Waals surface area contributed by atoms with Gasteiger partial charge >= 0.3 is 0 Å². The monoisotopic (exact) mass is 214 g/mol. The summed E-state index contributed by atoms with van der Waals surface area (Å²) in [6.07, 6.45) is 3.20. The Labute approximate surface area is 95.7 Å². The van der Waals surface area contributed by atoms with E-state index >= 15 is 0 Å². The summed E-state index contributed by atoms with van der Waals surface area (Å²) in [5.74, 6) is -0.160. The molecule has 0 heterocycles. The fourth-order valence-electron chi connectivity index (χ4n) is 1.79. The average Bonchev–Trinajstić information content (AvgIpc) is 2.33. The SMILES string of the molecule is Fc1ccc(CCCc2ccccc2)cc1. The van der Waals surface area contributed by atoms with Gasteiger partial charge in [-0.25, -0.2) is 4.39 Å². The maximum absolute atomic E-state index is 12.7. The highest BCUT2D eigenvalue weighted by molar-refractivity contribution is 5.18. The lowest BCUT2D eigenvalue weighted by atomic mass is 10.0. The van der Waals surface area contributed by atoms with Gasteiger partial charge in [-0.3, -0.25) is 0 Å². The molecule has 0 amide bonds. The van der Waals surface area contributed by atoms with Crippen LogP contribution in [0.15, 0.2) is 54.6 Å². The molecule has 2 aromatic rings. The largest absolute Gasteiger partial charge is 0.207 e. The molecular formula is C15H15F. The van der Waals surface area contributed by atoms with E-state index in [1.54, 1.807) is 0 Å². The smallest absolute Gasteiger partial charge is 0.123 e. The van der Waals surface area contributed by atoms with Gasteiger partial charge in [0.25, 0.3) is 0 Å². The lowest BCUT2D eigenvalue weighted by molar-refractivity contribution is 0.626. The third kappa shape index (κ3) is 3.20. The molecule has 0 radical (unpaired) electrons. The Kier molecular flexibility index (Phi) is 3.71. The van der Waals surface area contributed by atoms with Gasteiger partial charge in [-0.05, 0) is 42.5 Å². The summed E-state index contributed by atoms with van der Waals surface area (Å²) in [6, 6.07) is 17.2. The van der Waals surface area contributed by atoms with Gasteiger partial charge in [-0.2, -0.15) is 0 Å². The number of halogens is 1. The van der Waals surface area contributed by atoms with Crippen LogP contribution >= 0.6 is 0 Å². The lowest BCUT2D eigenvalue weighted by Gasteiger charge is -2.02. The van der Waals surface area contributed by atoms with E-state index in [4.69, 9.17) is 0 Å². The molecule has 0 saturated carbocycles. The predicted octanol–water partition coefficient (Wildman–Crippen LogP) is 4.00. The fraction of sp³-hybridized carbons (Fsp3) is 0.200. The molecular weight excluding hydrogens is 199 g/mol. The van der Waals surface area contributed by atoms with Crippen molar-refractivity contribution in [3.63, 3.8) is 0 Å². The highest BCUT2D eigenvalue weighted by atomic mass is 19.1. The second-order valence-electron chi connectivity index (χ2n) is 3.97. The zero-order valence-electron chi connectivity index (χ0n) is 9.20. The summed E-state index contributed by atoms with van der Waals surface area (Å²) in [5.41, 5.74) is 2.57. The van der Waals surface area contributed by atoms with Crippen molar-refractivity contribution < 1.29 is 4.39 Å². The van der Waals surface area contributed by atoms with E-state index < -0.39 is 0 Å². The van der Waals surface area contributed by atoms with Crippen LogP contribution < -0.4 is 0 Å². The highest BCUT2D eigenvalue weighted by Crippen LogP contribution is 2.09. The zero-order valence-corrected chi connectivity index (χ0v) is 9.20. The van der Waals surface area contributed by atoms with Crippen LogP contribution in [-0.4, -0.2) is 0 Å². The number of hydrogen-bond donors (Lipinski definition) is 0. The third-order valence-electron chi connectivity index (χ3n) is 2.69. The summed E-state index contributed by atoms with van der Waals surface area (Å²) >= 11 is 0. The fourth-order valence-corrected chi connectivity index (χ4v) is 1.79. The van der Waals surface area contributed by atoms with Crippen LogP contribution in [0.25, 0.3) is 0 Å². The van der Waals surface area contributed by atoms with Gasteiger partial charge in [0.1, 0.15) is 5.82 Å². The number of rotatable bonds is 4. The Bertz CT molecular complexity index is 417. The van der Waals surface area contributed by atoms with Crippen LogP contribution in [0.3, 0.4) is 0 Å². The molecule has 0 nitrogen and oxygen atoms in total. The van der Waals surface area contributed by atoms with Crippen LogP contribution in [0.2, 0.25) is 0 Å². The van der Waals surface area contributed by atoms with Crippen molar-refractivity contribution >= 4 is 0 Å². The molecule has 16 heavy (non-hydrogen) atoms. The minimum atomic E-state index is -0.160. The summed E-state index contributed by atoms with van der Waals surface area (Å²) in [4.78, 5) is 0. The van der Waals surface area contributed by atoms with Crippen molar-refractivity contribution in [3.05, 3.63) is 71.5 Å². The first-order chi connectivity index (χ1) is 7.84. The summed E-state index contributed by atoms with van der Waals surface area (Å²) < 4.78 is 12.7. The number of aryl methyl sites for hydroxylation is 2. The zero-order chi connectivity index (χ0) is 11.2. The molecule has 0 saturated heterocycles. The van der Waals surface area contributed by atoms with Crippen LogP contribution in [0, 0.1) is 5.82 Å². The van der Waals surface area contributed by atoms with Gasteiger partial charge in [0.05, 0.1) is 0 Å². The molecule has 0 bridgehead atoms. The Morgan fingerprint density at radius 1 is 0.688 bits per heavy atom. The molecule has 0 spiro atoms. The molecule has 0 unspecified atom stereocenters. The van der Waals surface area contributed by atoms with E-state index in [0.717, 1.165) is 19.3 Å². The van der Waals surface area contributed by atoms with Crippen molar-refractivity contribution in [1.29, 1.82) is 0 Å². The van der Waals surface area contributed by atoms with Crippen molar-refractivity contribution in [2.24, 2.45) is 0 Å². The van der Waals surface area contributed by atoms with Gasteiger partial charge in [-0.1, -0.05) is 42.5 Å². The van der Waals surface area contributed by atoms with Crippen LogP contribution in [0.1, 0.15) is 17.5 Å². The first-order valence-corrected chi connectivity index (χ1v) is 5.63. The molecule has 1 heteroatoms. The average molecular weight is 214 g/mol. The van der Waals surface area contributed by atoms with Gasteiger partial charge in [0.15, 0.2) is 0 Å². The van der Waals surface area contributed by atoms with Gasteiger partial charge in [-0.15, -0.1) is 0 Å². The van der Waals surface area contributed by atoms with E-state index in [1.807, 2.05) is 18.2 Å². The van der Waals surface area contributed by atoms with Crippen LogP contribution in [0.4, 0.5) is 4.39 Å². The van der Waals surface area contributed by atoms with Crippen molar-refractivity contribution in [2.45, 2.75) is 19.3 Å². The lowest BCUT2D eigenvalue weighted by Crippen LogP contribution is -1.90. The van der Waals surface area contributed by atoms with E-state index in [2.05, 4.69) is 24.3 Å². The van der Waals surface area contributed by atoms with Gasteiger partial charge in [0.2, 0.25) is 0 Å². The molecule has 0 aliphatic carbocycles. The van der Waals surface area contributed by atoms with Gasteiger partial charge in [0, 0.05) is 0 Å². The van der Waals surface area contributed by atoms with Crippen molar-refractivity contribution in [2.75, 3.05) is 0 Å². The molecule has 0 N–H and O–H groups in total.